The Kier molecular flexibility index (Phi) is 3.17. The largest absolute Gasteiger partial charge is 0.345 e. The molecule has 0 bridgehead atoms. The monoisotopic (exact) mass is 199 g/mol. The second-order valence-electron chi connectivity index (χ2n) is 3.12. The molecular weight excluding hydrogens is 188 g/mol. The van der Waals surface area contributed by atoms with Crippen LogP contribution in [-0.2, 0) is 0 Å². The van der Waals surface area contributed by atoms with Gasteiger partial charge in [-0.05, 0) is 12.1 Å². The molecule has 2 nitrogen and oxygen atoms in total. The lowest BCUT2D eigenvalue weighted by atomic mass is 10.1. The summed E-state index contributed by atoms with van der Waals surface area (Å²) in [7, 11) is 3.23. The van der Waals surface area contributed by atoms with Crippen LogP contribution in [0.15, 0.2) is 24.3 Å². The van der Waals surface area contributed by atoms with Crippen LogP contribution in [0.1, 0.15) is 22.3 Å². The van der Waals surface area contributed by atoms with Crippen molar-refractivity contribution in [1.82, 2.24) is 4.90 Å². The van der Waals surface area contributed by atoms with Gasteiger partial charge in [0.05, 0.1) is 0 Å². The van der Waals surface area contributed by atoms with Gasteiger partial charge in [0, 0.05) is 25.2 Å². The summed E-state index contributed by atoms with van der Waals surface area (Å²) in [4.78, 5) is 12.8. The second kappa shape index (κ2) is 4.17. The van der Waals surface area contributed by atoms with Crippen molar-refractivity contribution < 1.29 is 13.6 Å². The van der Waals surface area contributed by atoms with Crippen LogP contribution in [0.4, 0.5) is 8.78 Å². The summed E-state index contributed by atoms with van der Waals surface area (Å²) in [5.74, 6) is -0.189. The van der Waals surface area contributed by atoms with Gasteiger partial charge in [0.25, 0.3) is 12.3 Å². The number of benzene rings is 1. The van der Waals surface area contributed by atoms with Crippen LogP contribution in [0.5, 0.6) is 0 Å². The topological polar surface area (TPSA) is 20.3 Å². The molecule has 1 rings (SSSR count). The van der Waals surface area contributed by atoms with E-state index in [1.54, 1.807) is 14.1 Å². The molecule has 0 N–H and O–H groups in total. The zero-order chi connectivity index (χ0) is 10.7. The second-order valence-corrected chi connectivity index (χ2v) is 3.12. The SMILES string of the molecule is CN(C)C(=O)c1ccc(C(F)F)cc1. The molecule has 0 spiro atoms. The Morgan fingerprint density at radius 2 is 1.71 bits per heavy atom. The molecule has 0 saturated carbocycles. The number of halogens is 2. The maximum atomic E-state index is 12.2. The fourth-order valence-electron chi connectivity index (χ4n) is 1.03. The van der Waals surface area contributed by atoms with E-state index in [1.807, 2.05) is 0 Å². The molecule has 1 amide bonds. The number of carbonyl (C=O) groups is 1. The summed E-state index contributed by atoms with van der Waals surface area (Å²) in [6.45, 7) is 0. The number of hydrogen-bond acceptors (Lipinski definition) is 1. The van der Waals surface area contributed by atoms with Crippen LogP contribution >= 0.6 is 0 Å². The number of amides is 1. The number of hydrogen-bond donors (Lipinski definition) is 0. The molecule has 1 aromatic rings. The minimum Gasteiger partial charge on any atom is -0.345 e. The van der Waals surface area contributed by atoms with E-state index in [1.165, 1.54) is 29.2 Å². The summed E-state index contributed by atoms with van der Waals surface area (Å²) in [6.07, 6.45) is -2.49. The Bertz CT molecular complexity index is 319. The zero-order valence-electron chi connectivity index (χ0n) is 8.00. The van der Waals surface area contributed by atoms with Crippen LogP contribution in [0.2, 0.25) is 0 Å². The highest BCUT2D eigenvalue weighted by Gasteiger charge is 2.10. The summed E-state index contributed by atoms with van der Waals surface area (Å²) in [5, 5.41) is 0. The molecule has 14 heavy (non-hydrogen) atoms. The highest BCUT2D eigenvalue weighted by Crippen LogP contribution is 2.18. The molecule has 0 aliphatic rings. The summed E-state index contributed by atoms with van der Waals surface area (Å²) >= 11 is 0. The maximum Gasteiger partial charge on any atom is 0.263 e. The average Bonchev–Trinajstić information content (AvgIpc) is 2.16. The van der Waals surface area contributed by atoms with Crippen LogP contribution in [0.3, 0.4) is 0 Å². The Morgan fingerprint density at radius 3 is 2.07 bits per heavy atom. The van der Waals surface area contributed by atoms with Crippen molar-refractivity contribution >= 4 is 5.91 Å². The number of nitrogens with zero attached hydrogens (tertiary/aromatic N) is 1. The first-order valence-electron chi connectivity index (χ1n) is 4.12. The molecule has 0 heterocycles. The molecule has 0 aromatic heterocycles. The van der Waals surface area contributed by atoms with E-state index in [4.69, 9.17) is 0 Å². The van der Waals surface area contributed by atoms with E-state index >= 15 is 0 Å². The summed E-state index contributed by atoms with van der Waals surface area (Å²) in [5.41, 5.74) is 0.347. The van der Waals surface area contributed by atoms with Crippen LogP contribution in [0.25, 0.3) is 0 Å². The Morgan fingerprint density at radius 1 is 1.21 bits per heavy atom. The first-order chi connectivity index (χ1) is 6.52. The molecular formula is C10H11F2NO. The predicted molar refractivity (Wildman–Crippen MR) is 49.4 cm³/mol. The van der Waals surface area contributed by atoms with Gasteiger partial charge in [0.15, 0.2) is 0 Å². The Hall–Kier alpha value is -1.45. The molecule has 0 aliphatic heterocycles. The van der Waals surface area contributed by atoms with E-state index < -0.39 is 6.43 Å². The third-order valence-corrected chi connectivity index (χ3v) is 1.82. The van der Waals surface area contributed by atoms with Crippen molar-refractivity contribution in [3.63, 3.8) is 0 Å². The number of rotatable bonds is 2. The summed E-state index contributed by atoms with van der Waals surface area (Å²) < 4.78 is 24.3. The first kappa shape index (κ1) is 10.6. The lowest BCUT2D eigenvalue weighted by molar-refractivity contribution is 0.0827. The lowest BCUT2D eigenvalue weighted by Crippen LogP contribution is -2.21. The van der Waals surface area contributed by atoms with Crippen LogP contribution in [-0.4, -0.2) is 24.9 Å². The molecule has 0 radical (unpaired) electrons. The van der Waals surface area contributed by atoms with E-state index in [0.29, 0.717) is 5.56 Å². The standard InChI is InChI=1S/C10H11F2NO/c1-13(2)10(14)8-5-3-7(4-6-8)9(11)12/h3-6,9H,1-2H3. The van der Waals surface area contributed by atoms with Gasteiger partial charge in [0.1, 0.15) is 0 Å². The normalized spacial score (nSPS) is 10.4. The molecule has 0 saturated heterocycles. The van der Waals surface area contributed by atoms with E-state index in [2.05, 4.69) is 0 Å². The Labute approximate surface area is 81.1 Å². The molecule has 1 aromatic carbocycles. The van der Waals surface area contributed by atoms with Crippen molar-refractivity contribution in [3.8, 4) is 0 Å². The smallest absolute Gasteiger partial charge is 0.263 e. The third-order valence-electron chi connectivity index (χ3n) is 1.82. The molecule has 76 valence electrons. The van der Waals surface area contributed by atoms with E-state index in [0.717, 1.165) is 0 Å². The molecule has 4 heteroatoms. The van der Waals surface area contributed by atoms with Gasteiger partial charge >= 0.3 is 0 Å². The molecule has 0 aliphatic carbocycles. The molecule has 0 unspecified atom stereocenters. The van der Waals surface area contributed by atoms with Gasteiger partial charge < -0.3 is 4.90 Å². The van der Waals surface area contributed by atoms with Gasteiger partial charge in [-0.1, -0.05) is 12.1 Å². The average molecular weight is 199 g/mol. The van der Waals surface area contributed by atoms with Crippen molar-refractivity contribution in [3.05, 3.63) is 35.4 Å². The van der Waals surface area contributed by atoms with Gasteiger partial charge in [0.2, 0.25) is 0 Å². The highest BCUT2D eigenvalue weighted by atomic mass is 19.3. The summed E-state index contributed by atoms with van der Waals surface area (Å²) in [6, 6.07) is 5.34. The van der Waals surface area contributed by atoms with Crippen molar-refractivity contribution in [1.29, 1.82) is 0 Å². The predicted octanol–water partition coefficient (Wildman–Crippen LogP) is 2.33. The van der Waals surface area contributed by atoms with Gasteiger partial charge in [-0.15, -0.1) is 0 Å². The Balaban J connectivity index is 2.89. The zero-order valence-corrected chi connectivity index (χ0v) is 8.00. The van der Waals surface area contributed by atoms with E-state index in [-0.39, 0.29) is 11.5 Å². The lowest BCUT2D eigenvalue weighted by Gasteiger charge is -2.10. The molecule has 0 fully saturated rings. The van der Waals surface area contributed by atoms with Crippen LogP contribution < -0.4 is 0 Å². The van der Waals surface area contributed by atoms with Crippen molar-refractivity contribution in [2.45, 2.75) is 6.43 Å². The quantitative estimate of drug-likeness (QED) is 0.715. The fourth-order valence-corrected chi connectivity index (χ4v) is 1.03. The number of alkyl halides is 2. The van der Waals surface area contributed by atoms with Gasteiger partial charge in [-0.3, -0.25) is 4.79 Å². The highest BCUT2D eigenvalue weighted by molar-refractivity contribution is 5.93. The minimum atomic E-state index is -2.49. The minimum absolute atomic E-state index is 0.0692. The van der Waals surface area contributed by atoms with Crippen molar-refractivity contribution in [2.75, 3.05) is 14.1 Å². The maximum absolute atomic E-state index is 12.2. The van der Waals surface area contributed by atoms with Gasteiger partial charge in [-0.2, -0.15) is 0 Å². The van der Waals surface area contributed by atoms with Crippen molar-refractivity contribution in [2.24, 2.45) is 0 Å². The first-order valence-corrected chi connectivity index (χ1v) is 4.12. The van der Waals surface area contributed by atoms with E-state index in [9.17, 15) is 13.6 Å². The van der Waals surface area contributed by atoms with Gasteiger partial charge in [-0.25, -0.2) is 8.78 Å². The molecule has 0 atom stereocenters. The third kappa shape index (κ3) is 2.28. The number of carbonyl (C=O) groups excluding carboxylic acids is 1. The fraction of sp³-hybridized carbons (Fsp3) is 0.300. The van der Waals surface area contributed by atoms with Crippen LogP contribution in [0, 0.1) is 0 Å².